The molecule has 3 aliphatic rings. The van der Waals surface area contributed by atoms with E-state index in [0.29, 0.717) is 85.0 Å². The van der Waals surface area contributed by atoms with Gasteiger partial charge in [-0.15, -0.1) is 11.8 Å². The molecule has 4 heterocycles. The summed E-state index contributed by atoms with van der Waals surface area (Å²) in [6.07, 6.45) is 3.71. The minimum atomic E-state index is -0.695. The van der Waals surface area contributed by atoms with Crippen LogP contribution in [0.1, 0.15) is 35.2 Å². The van der Waals surface area contributed by atoms with E-state index in [4.69, 9.17) is 16.3 Å². The molecular weight excluding hydrogens is 763 g/mol. The Morgan fingerprint density at radius 1 is 1.09 bits per heavy atom. The first-order valence-electron chi connectivity index (χ1n) is 18.0. The van der Waals surface area contributed by atoms with Crippen LogP contribution in [0.15, 0.2) is 72.4 Å². The number of rotatable bonds is 13. The summed E-state index contributed by atoms with van der Waals surface area (Å²) < 4.78 is 19.9. The summed E-state index contributed by atoms with van der Waals surface area (Å²) in [5, 5.41) is 8.79. The summed E-state index contributed by atoms with van der Waals surface area (Å²) in [6.45, 7) is 7.46. The van der Waals surface area contributed by atoms with Gasteiger partial charge in [0.25, 0.3) is 5.91 Å². The molecule has 0 spiro atoms. The van der Waals surface area contributed by atoms with Gasteiger partial charge >= 0.3 is 0 Å². The molecule has 290 valence electrons. The number of anilines is 3. The number of benzene rings is 3. The van der Waals surface area contributed by atoms with Gasteiger partial charge in [-0.05, 0) is 60.9 Å². The molecular formula is C39H38ClFN8O6S. The predicted octanol–water partition coefficient (Wildman–Crippen LogP) is 4.76. The van der Waals surface area contributed by atoms with Crippen LogP contribution < -0.4 is 20.7 Å². The molecule has 1 aromatic heterocycles. The van der Waals surface area contributed by atoms with Gasteiger partial charge < -0.3 is 25.2 Å². The summed E-state index contributed by atoms with van der Waals surface area (Å²) in [7, 11) is 0. The van der Waals surface area contributed by atoms with Crippen molar-refractivity contribution in [2.75, 3.05) is 55.7 Å². The van der Waals surface area contributed by atoms with Crippen molar-refractivity contribution in [3.8, 4) is 5.75 Å². The van der Waals surface area contributed by atoms with Gasteiger partial charge in [0.1, 0.15) is 29.8 Å². The standard InChI is InChI=1S/C39H38ClFN8O6S/c1-2-34(50)45-30-18-25-29(42-22-43-37(25)44-23-7-8-28(41)27(40)17-23)19-32(30)55-16-4-11-47-12-14-48(15-13-47)36(52)21-56-33-6-3-5-24-26(33)20-49(39(24)54)31-9-10-35(51)46-38(31)53/h2-3,5-8,17-19,22,31H,1,4,9-16,20-21H2,(H,45,50)(H,42,43,44)(H,46,51,53). The molecule has 2 saturated heterocycles. The summed E-state index contributed by atoms with van der Waals surface area (Å²) in [4.78, 5) is 78.0. The molecule has 1 atom stereocenters. The van der Waals surface area contributed by atoms with Gasteiger partial charge in [-0.2, -0.15) is 0 Å². The average Bonchev–Trinajstić information content (AvgIpc) is 3.53. The lowest BCUT2D eigenvalue weighted by Crippen LogP contribution is -2.52. The van der Waals surface area contributed by atoms with Crippen molar-refractivity contribution >= 4 is 81.0 Å². The molecule has 0 bridgehead atoms. The Labute approximate surface area is 330 Å². The first-order chi connectivity index (χ1) is 27.1. The molecule has 14 nitrogen and oxygen atoms in total. The maximum atomic E-state index is 13.7. The monoisotopic (exact) mass is 800 g/mol. The van der Waals surface area contributed by atoms with Gasteiger partial charge in [0.15, 0.2) is 0 Å². The molecule has 0 radical (unpaired) electrons. The lowest BCUT2D eigenvalue weighted by molar-refractivity contribution is -0.137. The Morgan fingerprint density at radius 2 is 1.91 bits per heavy atom. The minimum absolute atomic E-state index is 0.0102. The van der Waals surface area contributed by atoms with Gasteiger partial charge in [-0.1, -0.05) is 24.2 Å². The fourth-order valence-corrected chi connectivity index (χ4v) is 8.07. The van der Waals surface area contributed by atoms with E-state index in [1.807, 2.05) is 11.0 Å². The zero-order valence-corrected chi connectivity index (χ0v) is 31.8. The first kappa shape index (κ1) is 38.7. The molecule has 3 N–H and O–H groups in total. The largest absolute Gasteiger partial charge is 0.491 e. The Bertz CT molecular complexity index is 2240. The van der Waals surface area contributed by atoms with E-state index in [0.717, 1.165) is 23.1 Å². The highest BCUT2D eigenvalue weighted by atomic mass is 35.5. The number of nitrogens with one attached hydrogen (secondary N) is 3. The molecule has 7 rings (SSSR count). The smallest absolute Gasteiger partial charge is 0.255 e. The van der Waals surface area contributed by atoms with Gasteiger partial charge in [-0.25, -0.2) is 14.4 Å². The Balaban J connectivity index is 0.897. The van der Waals surface area contributed by atoms with E-state index in [2.05, 4.69) is 37.4 Å². The fraction of sp³-hybridized carbons (Fsp3) is 0.308. The van der Waals surface area contributed by atoms with Crippen LogP contribution >= 0.6 is 23.4 Å². The van der Waals surface area contributed by atoms with Crippen LogP contribution in [0.4, 0.5) is 21.6 Å². The molecule has 0 aliphatic carbocycles. The molecule has 4 aromatic rings. The maximum absolute atomic E-state index is 13.7. The second-order valence-corrected chi connectivity index (χ2v) is 14.9. The number of piperazine rings is 1. The van der Waals surface area contributed by atoms with Crippen LogP contribution in [0.25, 0.3) is 10.9 Å². The van der Waals surface area contributed by atoms with Gasteiger partial charge in [0.05, 0.1) is 28.6 Å². The molecule has 5 amide bonds. The maximum Gasteiger partial charge on any atom is 0.255 e. The highest BCUT2D eigenvalue weighted by Gasteiger charge is 2.40. The topological polar surface area (TPSA) is 166 Å². The van der Waals surface area contributed by atoms with Crippen molar-refractivity contribution in [2.45, 2.75) is 36.7 Å². The van der Waals surface area contributed by atoms with Crippen molar-refractivity contribution in [1.82, 2.24) is 30.0 Å². The molecule has 0 saturated carbocycles. The second kappa shape index (κ2) is 17.1. The van der Waals surface area contributed by atoms with Gasteiger partial charge in [-0.3, -0.25) is 34.2 Å². The molecule has 17 heteroatoms. The lowest BCUT2D eigenvalue weighted by Gasteiger charge is -2.34. The van der Waals surface area contributed by atoms with E-state index in [1.54, 1.807) is 24.3 Å². The summed E-state index contributed by atoms with van der Waals surface area (Å²) in [6, 6.07) is 12.4. The van der Waals surface area contributed by atoms with E-state index in [1.165, 1.54) is 41.2 Å². The number of imide groups is 1. The third-order valence-corrected chi connectivity index (χ3v) is 11.2. The number of carbonyl (C=O) groups is 5. The van der Waals surface area contributed by atoms with Gasteiger partial charge in [0, 0.05) is 73.3 Å². The number of amides is 5. The zero-order chi connectivity index (χ0) is 39.3. The molecule has 56 heavy (non-hydrogen) atoms. The van der Waals surface area contributed by atoms with Crippen molar-refractivity contribution in [3.63, 3.8) is 0 Å². The Morgan fingerprint density at radius 3 is 2.68 bits per heavy atom. The highest BCUT2D eigenvalue weighted by molar-refractivity contribution is 8.00. The molecule has 3 aliphatic heterocycles. The van der Waals surface area contributed by atoms with Crippen LogP contribution in [-0.4, -0.2) is 105 Å². The number of nitrogens with zero attached hydrogens (tertiary/aromatic N) is 5. The highest BCUT2D eigenvalue weighted by Crippen LogP contribution is 2.36. The second-order valence-electron chi connectivity index (χ2n) is 13.4. The lowest BCUT2D eigenvalue weighted by atomic mass is 10.0. The number of aromatic nitrogens is 2. The van der Waals surface area contributed by atoms with Crippen LogP contribution in [0.3, 0.4) is 0 Å². The average molecular weight is 801 g/mol. The van der Waals surface area contributed by atoms with Gasteiger partial charge in [0.2, 0.25) is 23.6 Å². The van der Waals surface area contributed by atoms with E-state index in [9.17, 15) is 28.4 Å². The molecule has 2 fully saturated rings. The number of fused-ring (bicyclic) bond motifs is 2. The van der Waals surface area contributed by atoms with Crippen molar-refractivity contribution < 1.29 is 33.1 Å². The van der Waals surface area contributed by atoms with E-state index >= 15 is 0 Å². The number of hydrogen-bond donors (Lipinski definition) is 3. The first-order valence-corrected chi connectivity index (χ1v) is 19.4. The molecule has 1 unspecified atom stereocenters. The number of halogens is 2. The van der Waals surface area contributed by atoms with Crippen LogP contribution in [0.2, 0.25) is 5.02 Å². The van der Waals surface area contributed by atoms with Crippen LogP contribution in [-0.2, 0) is 25.7 Å². The normalized spacial score (nSPS) is 17.1. The summed E-state index contributed by atoms with van der Waals surface area (Å²) >= 11 is 7.35. The molecule has 3 aromatic carbocycles. The quantitative estimate of drug-likeness (QED) is 0.0739. The predicted molar refractivity (Wildman–Crippen MR) is 209 cm³/mol. The Kier molecular flexibility index (Phi) is 11.8. The minimum Gasteiger partial charge on any atom is -0.491 e. The number of ether oxygens (including phenoxy) is 1. The third kappa shape index (κ3) is 8.62. The summed E-state index contributed by atoms with van der Waals surface area (Å²) in [5.41, 5.74) is 2.80. The summed E-state index contributed by atoms with van der Waals surface area (Å²) in [5.74, 6) is -0.915. The number of carbonyl (C=O) groups excluding carboxylic acids is 5. The van der Waals surface area contributed by atoms with Crippen molar-refractivity contribution in [1.29, 1.82) is 0 Å². The number of thioether (sulfide) groups is 1. The fourth-order valence-electron chi connectivity index (χ4n) is 6.91. The van der Waals surface area contributed by atoms with E-state index < -0.39 is 23.7 Å². The van der Waals surface area contributed by atoms with Crippen LogP contribution in [0, 0.1) is 5.82 Å². The Hall–Kier alpha value is -5.58. The SMILES string of the molecule is C=CC(=O)Nc1cc2c(Nc3ccc(F)c(Cl)c3)ncnc2cc1OCCCN1CCN(C(=O)CSc2cccc3c2CN(C2CCC(=O)NC2=O)C3=O)CC1. The van der Waals surface area contributed by atoms with Crippen molar-refractivity contribution in [3.05, 3.63) is 89.5 Å². The number of hydrogen-bond acceptors (Lipinski definition) is 11. The number of piperidine rings is 1. The third-order valence-electron chi connectivity index (χ3n) is 9.85. The zero-order valence-electron chi connectivity index (χ0n) is 30.2. The van der Waals surface area contributed by atoms with Crippen molar-refractivity contribution in [2.24, 2.45) is 0 Å². The van der Waals surface area contributed by atoms with Crippen LogP contribution in [0.5, 0.6) is 5.75 Å². The van der Waals surface area contributed by atoms with E-state index in [-0.39, 0.29) is 41.5 Å².